The molecule has 0 unspecified atom stereocenters. The highest BCUT2D eigenvalue weighted by molar-refractivity contribution is 7.09. The third kappa shape index (κ3) is 4.23. The van der Waals surface area contributed by atoms with Gasteiger partial charge >= 0.3 is 5.97 Å². The van der Waals surface area contributed by atoms with Crippen LogP contribution in [0.2, 0.25) is 0 Å². The molecule has 1 aromatic rings. The van der Waals surface area contributed by atoms with Gasteiger partial charge in [-0.3, -0.25) is 9.69 Å². The Balaban J connectivity index is 1.76. The SMILES string of the molecule is CCOC(=O)[C@]12CCCN(Cc3nccs3)C[C@H]1CN(CC(C)C)C2. The molecule has 0 amide bonds. The second kappa shape index (κ2) is 8.14. The van der Waals surface area contributed by atoms with Crippen LogP contribution in [0.25, 0.3) is 0 Å². The number of ether oxygens (including phenoxy) is 1. The van der Waals surface area contributed by atoms with Gasteiger partial charge in [0.05, 0.1) is 18.6 Å². The molecule has 2 aliphatic rings. The van der Waals surface area contributed by atoms with Crippen molar-refractivity contribution in [3.05, 3.63) is 16.6 Å². The van der Waals surface area contributed by atoms with Crippen molar-refractivity contribution in [1.29, 1.82) is 0 Å². The molecule has 2 atom stereocenters. The minimum absolute atomic E-state index is 0.0300. The molecule has 25 heavy (non-hydrogen) atoms. The van der Waals surface area contributed by atoms with E-state index in [-0.39, 0.29) is 11.4 Å². The summed E-state index contributed by atoms with van der Waals surface area (Å²) in [6.07, 6.45) is 3.87. The van der Waals surface area contributed by atoms with E-state index in [2.05, 4.69) is 28.6 Å². The minimum atomic E-state index is -0.317. The average Bonchev–Trinajstić information content (AvgIpc) is 3.12. The molecule has 2 fully saturated rings. The number of carbonyl (C=O) groups excluding carboxylic acids is 1. The number of carbonyl (C=O) groups is 1. The van der Waals surface area contributed by atoms with Crippen molar-refractivity contribution in [2.75, 3.05) is 39.3 Å². The van der Waals surface area contributed by atoms with Crippen LogP contribution >= 0.6 is 11.3 Å². The Morgan fingerprint density at radius 3 is 2.92 bits per heavy atom. The summed E-state index contributed by atoms with van der Waals surface area (Å²) >= 11 is 1.72. The highest BCUT2D eigenvalue weighted by Crippen LogP contribution is 2.44. The van der Waals surface area contributed by atoms with Crippen LogP contribution in [0.15, 0.2) is 11.6 Å². The van der Waals surface area contributed by atoms with Gasteiger partial charge in [-0.25, -0.2) is 4.98 Å². The Morgan fingerprint density at radius 1 is 1.44 bits per heavy atom. The fourth-order valence-electron chi connectivity index (χ4n) is 4.55. The van der Waals surface area contributed by atoms with Crippen molar-refractivity contribution in [1.82, 2.24) is 14.8 Å². The monoisotopic (exact) mass is 365 g/mol. The first kappa shape index (κ1) is 18.8. The molecule has 0 spiro atoms. The fourth-order valence-corrected chi connectivity index (χ4v) is 5.20. The standard InChI is InChI=1S/C19H31N3O2S/c1-4-24-18(23)19-6-5-8-21(13-17-20-7-9-25-17)11-16(19)12-22(14-19)10-15(2)3/h7,9,15-16H,4-6,8,10-14H2,1-3H3/t16-,19-/m0/s1. The predicted molar refractivity (Wildman–Crippen MR) is 100 cm³/mol. The minimum Gasteiger partial charge on any atom is -0.466 e. The summed E-state index contributed by atoms with van der Waals surface area (Å²) in [5, 5.41) is 3.20. The molecule has 3 rings (SSSR count). The highest BCUT2D eigenvalue weighted by Gasteiger charge is 2.53. The number of nitrogens with zero attached hydrogens (tertiary/aromatic N) is 3. The van der Waals surface area contributed by atoms with Gasteiger partial charge in [-0.05, 0) is 32.2 Å². The maximum atomic E-state index is 12.9. The lowest BCUT2D eigenvalue weighted by atomic mass is 9.75. The molecule has 0 bridgehead atoms. The first-order valence-corrected chi connectivity index (χ1v) is 10.4. The number of rotatable bonds is 6. The smallest absolute Gasteiger partial charge is 0.313 e. The zero-order valence-corrected chi connectivity index (χ0v) is 16.6. The predicted octanol–water partition coefficient (Wildman–Crippen LogP) is 2.88. The summed E-state index contributed by atoms with van der Waals surface area (Å²) < 4.78 is 5.54. The van der Waals surface area contributed by atoms with Gasteiger partial charge < -0.3 is 9.64 Å². The molecule has 2 saturated heterocycles. The lowest BCUT2D eigenvalue weighted by Crippen LogP contribution is -2.42. The Morgan fingerprint density at radius 2 is 2.24 bits per heavy atom. The summed E-state index contributed by atoms with van der Waals surface area (Å²) in [7, 11) is 0. The summed E-state index contributed by atoms with van der Waals surface area (Å²) in [6.45, 7) is 12.7. The van der Waals surface area contributed by atoms with Gasteiger partial charge in [-0.15, -0.1) is 11.3 Å². The molecule has 0 N–H and O–H groups in total. The first-order valence-electron chi connectivity index (χ1n) is 9.54. The van der Waals surface area contributed by atoms with Crippen LogP contribution in [0, 0.1) is 17.3 Å². The van der Waals surface area contributed by atoms with E-state index in [1.54, 1.807) is 11.3 Å². The maximum Gasteiger partial charge on any atom is 0.313 e. The van der Waals surface area contributed by atoms with E-state index in [1.165, 1.54) is 5.01 Å². The van der Waals surface area contributed by atoms with Gasteiger partial charge in [0.15, 0.2) is 0 Å². The molecule has 0 aromatic carbocycles. The van der Waals surface area contributed by atoms with Gasteiger partial charge in [-0.2, -0.15) is 0 Å². The van der Waals surface area contributed by atoms with Crippen molar-refractivity contribution >= 4 is 17.3 Å². The Labute approximate surface area is 155 Å². The molecule has 3 heterocycles. The molecule has 1 aromatic heterocycles. The van der Waals surface area contributed by atoms with Crippen LogP contribution in [0.3, 0.4) is 0 Å². The van der Waals surface area contributed by atoms with Crippen molar-refractivity contribution in [2.45, 2.75) is 40.2 Å². The fraction of sp³-hybridized carbons (Fsp3) is 0.789. The van der Waals surface area contributed by atoms with Gasteiger partial charge in [0.25, 0.3) is 0 Å². The van der Waals surface area contributed by atoms with E-state index in [0.29, 0.717) is 18.4 Å². The second-order valence-electron chi connectivity index (χ2n) is 7.93. The molecule has 140 valence electrons. The number of esters is 1. The van der Waals surface area contributed by atoms with Crippen molar-refractivity contribution in [2.24, 2.45) is 17.3 Å². The average molecular weight is 366 g/mol. The number of hydrogen-bond donors (Lipinski definition) is 0. The topological polar surface area (TPSA) is 45.7 Å². The largest absolute Gasteiger partial charge is 0.466 e. The molecule has 5 nitrogen and oxygen atoms in total. The second-order valence-corrected chi connectivity index (χ2v) is 8.91. The van der Waals surface area contributed by atoms with Crippen LogP contribution in [-0.4, -0.2) is 60.1 Å². The summed E-state index contributed by atoms with van der Waals surface area (Å²) in [5.74, 6) is 1.00. The third-order valence-electron chi connectivity index (χ3n) is 5.49. The van der Waals surface area contributed by atoms with E-state index in [1.807, 2.05) is 18.5 Å². The summed E-state index contributed by atoms with van der Waals surface area (Å²) in [4.78, 5) is 22.3. The number of aromatic nitrogens is 1. The third-order valence-corrected chi connectivity index (χ3v) is 6.25. The number of thiazole rings is 1. The first-order chi connectivity index (χ1) is 12.0. The summed E-state index contributed by atoms with van der Waals surface area (Å²) in [6, 6.07) is 0. The molecular weight excluding hydrogens is 334 g/mol. The molecule has 2 aliphatic heterocycles. The quantitative estimate of drug-likeness (QED) is 0.726. The van der Waals surface area contributed by atoms with Crippen LogP contribution in [0.5, 0.6) is 0 Å². The lowest BCUT2D eigenvalue weighted by molar-refractivity contribution is -0.157. The molecule has 0 radical (unpaired) electrons. The van der Waals surface area contributed by atoms with E-state index >= 15 is 0 Å². The summed E-state index contributed by atoms with van der Waals surface area (Å²) in [5.41, 5.74) is -0.317. The van der Waals surface area contributed by atoms with E-state index in [0.717, 1.165) is 52.1 Å². The van der Waals surface area contributed by atoms with Gasteiger partial charge in [0.2, 0.25) is 0 Å². The normalized spacial score (nSPS) is 28.1. The van der Waals surface area contributed by atoms with Crippen molar-refractivity contribution in [3.8, 4) is 0 Å². The zero-order chi connectivity index (χ0) is 17.9. The van der Waals surface area contributed by atoms with Gasteiger partial charge in [0, 0.05) is 43.7 Å². The van der Waals surface area contributed by atoms with E-state index in [9.17, 15) is 4.79 Å². The maximum absolute atomic E-state index is 12.9. The molecular formula is C19H31N3O2S. The highest BCUT2D eigenvalue weighted by atomic mass is 32.1. The molecule has 6 heteroatoms. The zero-order valence-electron chi connectivity index (χ0n) is 15.7. The molecule has 0 saturated carbocycles. The van der Waals surface area contributed by atoms with Crippen LogP contribution in [-0.2, 0) is 16.1 Å². The van der Waals surface area contributed by atoms with E-state index < -0.39 is 0 Å². The van der Waals surface area contributed by atoms with Crippen LogP contribution in [0.4, 0.5) is 0 Å². The number of fused-ring (bicyclic) bond motifs is 1. The Kier molecular flexibility index (Phi) is 6.12. The molecule has 0 aliphatic carbocycles. The number of likely N-dealkylation sites (tertiary alicyclic amines) is 2. The van der Waals surface area contributed by atoms with Crippen LogP contribution < -0.4 is 0 Å². The van der Waals surface area contributed by atoms with Crippen molar-refractivity contribution in [3.63, 3.8) is 0 Å². The van der Waals surface area contributed by atoms with Crippen LogP contribution in [0.1, 0.15) is 38.6 Å². The van der Waals surface area contributed by atoms with E-state index in [4.69, 9.17) is 4.74 Å². The van der Waals surface area contributed by atoms with Crippen molar-refractivity contribution < 1.29 is 9.53 Å². The lowest BCUT2D eigenvalue weighted by Gasteiger charge is -2.31. The Hall–Kier alpha value is -0.980. The Bertz CT molecular complexity index is 563. The van der Waals surface area contributed by atoms with Gasteiger partial charge in [-0.1, -0.05) is 13.8 Å². The number of hydrogen-bond acceptors (Lipinski definition) is 6. The van der Waals surface area contributed by atoms with Gasteiger partial charge in [0.1, 0.15) is 5.01 Å².